The molecule has 0 N–H and O–H groups in total. The minimum atomic E-state index is -0.0460. The summed E-state index contributed by atoms with van der Waals surface area (Å²) in [4.78, 5) is 23.4. The molecule has 2 aromatic heterocycles. The van der Waals surface area contributed by atoms with E-state index in [0.29, 0.717) is 15.9 Å². The Kier molecular flexibility index (Phi) is 5.92. The second-order valence-electron chi connectivity index (χ2n) is 6.58. The summed E-state index contributed by atoms with van der Waals surface area (Å²) >= 11 is 10.8. The van der Waals surface area contributed by atoms with Gasteiger partial charge in [-0.15, -0.1) is 22.7 Å². The Morgan fingerprint density at radius 1 is 1.21 bits per heavy atom. The van der Waals surface area contributed by atoms with Crippen LogP contribution in [0.3, 0.4) is 0 Å². The van der Waals surface area contributed by atoms with E-state index in [4.69, 9.17) is 16.6 Å². The van der Waals surface area contributed by atoms with Gasteiger partial charge in [-0.3, -0.25) is 9.69 Å². The molecule has 4 rings (SSSR count). The molecule has 2 heterocycles. The minimum absolute atomic E-state index is 0.0460. The number of thioether (sulfide) groups is 1. The molecule has 0 radical (unpaired) electrons. The molecule has 148 valence electrons. The van der Waals surface area contributed by atoms with Gasteiger partial charge in [-0.25, -0.2) is 9.97 Å². The van der Waals surface area contributed by atoms with Crippen LogP contribution in [0.25, 0.3) is 10.2 Å². The van der Waals surface area contributed by atoms with E-state index in [1.54, 1.807) is 34.9 Å². The van der Waals surface area contributed by atoms with Crippen LogP contribution in [0, 0.1) is 13.8 Å². The van der Waals surface area contributed by atoms with Crippen molar-refractivity contribution >= 4 is 73.0 Å². The highest BCUT2D eigenvalue weighted by Crippen LogP contribution is 2.35. The van der Waals surface area contributed by atoms with Crippen molar-refractivity contribution in [3.63, 3.8) is 0 Å². The lowest BCUT2D eigenvalue weighted by Crippen LogP contribution is -2.23. The van der Waals surface area contributed by atoms with E-state index in [0.717, 1.165) is 37.1 Å². The Morgan fingerprint density at radius 2 is 2.03 bits per heavy atom. The van der Waals surface area contributed by atoms with E-state index in [2.05, 4.69) is 4.98 Å². The average molecular weight is 460 g/mol. The van der Waals surface area contributed by atoms with E-state index in [1.165, 1.54) is 11.3 Å². The van der Waals surface area contributed by atoms with E-state index in [9.17, 15) is 4.79 Å². The molecular weight excluding hydrogens is 442 g/mol. The second kappa shape index (κ2) is 8.44. The maximum atomic E-state index is 12.4. The van der Waals surface area contributed by atoms with Gasteiger partial charge in [-0.1, -0.05) is 35.5 Å². The van der Waals surface area contributed by atoms with Gasteiger partial charge < -0.3 is 0 Å². The number of fused-ring (bicyclic) bond motifs is 1. The molecule has 0 aliphatic rings. The topological polar surface area (TPSA) is 46.1 Å². The van der Waals surface area contributed by atoms with E-state index < -0.39 is 0 Å². The van der Waals surface area contributed by atoms with Gasteiger partial charge in [0.25, 0.3) is 0 Å². The number of carbonyl (C=O) groups is 1. The average Bonchev–Trinajstić information content (AvgIpc) is 3.29. The summed E-state index contributed by atoms with van der Waals surface area (Å²) in [7, 11) is 0. The Balaban J connectivity index is 1.54. The van der Waals surface area contributed by atoms with Crippen LogP contribution in [0.2, 0.25) is 5.02 Å². The van der Waals surface area contributed by atoms with Crippen molar-refractivity contribution in [1.82, 2.24) is 9.97 Å². The van der Waals surface area contributed by atoms with E-state index in [-0.39, 0.29) is 5.91 Å². The number of carbonyl (C=O) groups excluding carboxylic acids is 1. The van der Waals surface area contributed by atoms with Gasteiger partial charge in [0.15, 0.2) is 9.47 Å². The normalized spacial score (nSPS) is 11.2. The molecule has 0 saturated carbocycles. The molecular formula is C21H18ClN3OS3. The zero-order valence-electron chi connectivity index (χ0n) is 16.1. The lowest BCUT2D eigenvalue weighted by molar-refractivity contribution is -0.115. The van der Waals surface area contributed by atoms with Crippen LogP contribution in [0.1, 0.15) is 23.7 Å². The Morgan fingerprint density at radius 3 is 2.83 bits per heavy atom. The van der Waals surface area contributed by atoms with Gasteiger partial charge in [0.05, 0.1) is 21.6 Å². The molecule has 4 aromatic rings. The largest absolute Gasteiger partial charge is 0.274 e. The van der Waals surface area contributed by atoms with Crippen LogP contribution in [0.5, 0.6) is 0 Å². The minimum Gasteiger partial charge on any atom is -0.274 e. The summed E-state index contributed by atoms with van der Waals surface area (Å²) in [6.45, 7) is 5.65. The monoisotopic (exact) mass is 459 g/mol. The fraction of sp³-hybridized carbons (Fsp3) is 0.190. The van der Waals surface area contributed by atoms with Gasteiger partial charge in [-0.2, -0.15) is 0 Å². The third kappa shape index (κ3) is 4.33. The van der Waals surface area contributed by atoms with Crippen molar-refractivity contribution in [1.29, 1.82) is 0 Å². The molecule has 0 aliphatic heterocycles. The van der Waals surface area contributed by atoms with Crippen LogP contribution in [-0.2, 0) is 10.5 Å². The molecule has 1 amide bonds. The van der Waals surface area contributed by atoms with Crippen LogP contribution < -0.4 is 4.90 Å². The first-order chi connectivity index (χ1) is 13.9. The lowest BCUT2D eigenvalue weighted by atomic mass is 10.1. The number of halogens is 1. The van der Waals surface area contributed by atoms with Gasteiger partial charge in [0.2, 0.25) is 5.91 Å². The molecule has 0 spiro atoms. The summed E-state index contributed by atoms with van der Waals surface area (Å²) in [5.41, 5.74) is 4.97. The van der Waals surface area contributed by atoms with Crippen molar-refractivity contribution in [2.24, 2.45) is 0 Å². The summed E-state index contributed by atoms with van der Waals surface area (Å²) in [5, 5.41) is 3.39. The van der Waals surface area contributed by atoms with Crippen LogP contribution in [0.15, 0.2) is 46.1 Å². The van der Waals surface area contributed by atoms with Crippen molar-refractivity contribution < 1.29 is 4.79 Å². The summed E-state index contributed by atoms with van der Waals surface area (Å²) in [5.74, 6) is 0.651. The Labute approximate surface area is 186 Å². The summed E-state index contributed by atoms with van der Waals surface area (Å²) in [6, 6.07) is 11.7. The molecule has 0 unspecified atom stereocenters. The van der Waals surface area contributed by atoms with Gasteiger partial charge in [0.1, 0.15) is 0 Å². The highest BCUT2D eigenvalue weighted by Gasteiger charge is 2.20. The quantitative estimate of drug-likeness (QED) is 0.301. The predicted octanol–water partition coefficient (Wildman–Crippen LogP) is 7.00. The number of rotatable bonds is 5. The van der Waals surface area contributed by atoms with Crippen LogP contribution >= 0.6 is 46.0 Å². The van der Waals surface area contributed by atoms with Crippen LogP contribution in [0.4, 0.5) is 10.8 Å². The van der Waals surface area contributed by atoms with Crippen molar-refractivity contribution in [2.75, 3.05) is 4.90 Å². The van der Waals surface area contributed by atoms with Gasteiger partial charge >= 0.3 is 0 Å². The first-order valence-corrected chi connectivity index (χ1v) is 12.0. The van der Waals surface area contributed by atoms with Crippen molar-refractivity contribution in [3.8, 4) is 0 Å². The standard InChI is InChI=1S/C21H18ClN3OS3/c1-12-5-4-6-18(13(12)2)25(14(3)26)20-23-16(10-27-20)11-28-21-24-17-9-15(22)7-8-19(17)29-21/h4-10H,11H2,1-3H3. The molecule has 0 saturated heterocycles. The number of aryl methyl sites for hydroxylation is 1. The zero-order valence-corrected chi connectivity index (χ0v) is 19.3. The number of benzene rings is 2. The summed E-state index contributed by atoms with van der Waals surface area (Å²) in [6.07, 6.45) is 0. The second-order valence-corrected chi connectivity index (χ2v) is 10.1. The van der Waals surface area contributed by atoms with E-state index >= 15 is 0 Å². The van der Waals surface area contributed by atoms with Crippen LogP contribution in [-0.4, -0.2) is 15.9 Å². The molecule has 0 aliphatic carbocycles. The van der Waals surface area contributed by atoms with Crippen molar-refractivity contribution in [2.45, 2.75) is 30.9 Å². The lowest BCUT2D eigenvalue weighted by Gasteiger charge is -2.21. The molecule has 2 aromatic carbocycles. The molecule has 29 heavy (non-hydrogen) atoms. The SMILES string of the molecule is CC(=O)N(c1nc(CSc2nc3cc(Cl)ccc3s2)cs1)c1cccc(C)c1C. The predicted molar refractivity (Wildman–Crippen MR) is 125 cm³/mol. The summed E-state index contributed by atoms with van der Waals surface area (Å²) < 4.78 is 2.10. The molecule has 0 bridgehead atoms. The highest BCUT2D eigenvalue weighted by atomic mass is 35.5. The number of hydrogen-bond acceptors (Lipinski definition) is 6. The maximum absolute atomic E-state index is 12.4. The maximum Gasteiger partial charge on any atom is 0.230 e. The number of amides is 1. The third-order valence-corrected chi connectivity index (χ3v) is 7.86. The zero-order chi connectivity index (χ0) is 20.5. The first-order valence-electron chi connectivity index (χ1n) is 8.92. The molecule has 0 atom stereocenters. The van der Waals surface area contributed by atoms with Gasteiger partial charge in [0, 0.05) is 23.1 Å². The first kappa shape index (κ1) is 20.3. The number of anilines is 2. The smallest absolute Gasteiger partial charge is 0.230 e. The fourth-order valence-electron chi connectivity index (χ4n) is 2.93. The van der Waals surface area contributed by atoms with E-state index in [1.807, 2.05) is 55.6 Å². The molecule has 4 nitrogen and oxygen atoms in total. The third-order valence-electron chi connectivity index (χ3n) is 4.54. The number of aromatic nitrogens is 2. The fourth-order valence-corrected chi connectivity index (χ4v) is 6.02. The van der Waals surface area contributed by atoms with Crippen molar-refractivity contribution in [3.05, 3.63) is 63.6 Å². The number of thiazole rings is 2. The Bertz CT molecular complexity index is 1200. The molecule has 8 heteroatoms. The van der Waals surface area contributed by atoms with Gasteiger partial charge in [-0.05, 0) is 49.2 Å². The highest BCUT2D eigenvalue weighted by molar-refractivity contribution is 8.00. The molecule has 0 fully saturated rings. The Hall–Kier alpha value is -1.93. The number of hydrogen-bond donors (Lipinski definition) is 0. The number of nitrogens with zero attached hydrogens (tertiary/aromatic N) is 3.